The third-order valence-corrected chi connectivity index (χ3v) is 3.97. The standard InChI is InChI=1S/C18H20ClNO/c1-13-4-8-16(9-5-13)18(21)14(2)20(3)12-15-6-10-17(19)11-7-15/h4-11,14H,12H2,1-3H3. The normalized spacial score (nSPS) is 12.4. The van der Waals surface area contributed by atoms with Crippen molar-refractivity contribution in [3.63, 3.8) is 0 Å². The van der Waals surface area contributed by atoms with Gasteiger partial charge in [0.25, 0.3) is 0 Å². The molecule has 0 heterocycles. The molecule has 0 N–H and O–H groups in total. The maximum atomic E-state index is 12.5. The molecule has 0 aliphatic carbocycles. The zero-order valence-corrected chi connectivity index (χ0v) is 13.4. The lowest BCUT2D eigenvalue weighted by molar-refractivity contribution is 0.0862. The summed E-state index contributed by atoms with van der Waals surface area (Å²) in [5, 5.41) is 0.727. The first-order valence-corrected chi connectivity index (χ1v) is 7.41. The van der Waals surface area contributed by atoms with Crippen molar-refractivity contribution < 1.29 is 4.79 Å². The highest BCUT2D eigenvalue weighted by Crippen LogP contribution is 2.14. The molecule has 2 aromatic carbocycles. The average Bonchev–Trinajstić information content (AvgIpc) is 2.49. The van der Waals surface area contributed by atoms with Gasteiger partial charge in [-0.25, -0.2) is 0 Å². The maximum absolute atomic E-state index is 12.5. The van der Waals surface area contributed by atoms with Crippen molar-refractivity contribution in [3.8, 4) is 0 Å². The van der Waals surface area contributed by atoms with E-state index in [9.17, 15) is 4.79 Å². The quantitative estimate of drug-likeness (QED) is 0.765. The molecule has 0 aromatic heterocycles. The van der Waals surface area contributed by atoms with E-state index >= 15 is 0 Å². The predicted octanol–water partition coefficient (Wildman–Crippen LogP) is 4.35. The van der Waals surface area contributed by atoms with Gasteiger partial charge in [-0.1, -0.05) is 53.6 Å². The fourth-order valence-electron chi connectivity index (χ4n) is 2.17. The summed E-state index contributed by atoms with van der Waals surface area (Å²) in [7, 11) is 1.96. The monoisotopic (exact) mass is 301 g/mol. The number of ketones is 1. The van der Waals surface area contributed by atoms with Crippen LogP contribution in [0.2, 0.25) is 5.02 Å². The molecule has 2 aromatic rings. The summed E-state index contributed by atoms with van der Waals surface area (Å²) in [4.78, 5) is 14.5. The molecule has 0 saturated carbocycles. The van der Waals surface area contributed by atoms with Crippen LogP contribution in [0.1, 0.15) is 28.4 Å². The minimum atomic E-state index is -0.164. The molecule has 0 bridgehead atoms. The Kier molecular flexibility index (Phi) is 5.16. The van der Waals surface area contributed by atoms with Crippen molar-refractivity contribution in [2.24, 2.45) is 0 Å². The molecule has 0 aliphatic rings. The summed E-state index contributed by atoms with van der Waals surface area (Å²) in [6, 6.07) is 15.3. The molecule has 21 heavy (non-hydrogen) atoms. The summed E-state index contributed by atoms with van der Waals surface area (Å²) in [6.45, 7) is 4.68. The molecular weight excluding hydrogens is 282 g/mol. The summed E-state index contributed by atoms with van der Waals surface area (Å²) in [5.74, 6) is 0.145. The topological polar surface area (TPSA) is 20.3 Å². The van der Waals surface area contributed by atoms with Gasteiger partial charge in [0.15, 0.2) is 5.78 Å². The van der Waals surface area contributed by atoms with E-state index in [1.54, 1.807) is 0 Å². The van der Waals surface area contributed by atoms with Gasteiger partial charge in [0, 0.05) is 17.1 Å². The van der Waals surface area contributed by atoms with Crippen molar-refractivity contribution in [1.82, 2.24) is 4.90 Å². The molecule has 1 atom stereocenters. The highest BCUT2D eigenvalue weighted by atomic mass is 35.5. The SMILES string of the molecule is Cc1ccc(C(=O)C(C)N(C)Cc2ccc(Cl)cc2)cc1. The number of hydrogen-bond acceptors (Lipinski definition) is 2. The van der Waals surface area contributed by atoms with Crippen LogP contribution in [-0.4, -0.2) is 23.8 Å². The number of likely N-dealkylation sites (N-methyl/N-ethyl adjacent to an activating group) is 1. The van der Waals surface area contributed by atoms with Gasteiger partial charge in [0.2, 0.25) is 0 Å². The molecule has 0 spiro atoms. The van der Waals surface area contributed by atoms with Crippen LogP contribution in [0.3, 0.4) is 0 Å². The van der Waals surface area contributed by atoms with Crippen LogP contribution in [0.15, 0.2) is 48.5 Å². The van der Waals surface area contributed by atoms with E-state index in [2.05, 4.69) is 0 Å². The molecule has 1 unspecified atom stereocenters. The molecule has 0 fully saturated rings. The van der Waals surface area contributed by atoms with Gasteiger partial charge >= 0.3 is 0 Å². The first-order chi connectivity index (χ1) is 9.97. The van der Waals surface area contributed by atoms with Gasteiger partial charge in [0.05, 0.1) is 6.04 Å². The Morgan fingerprint density at radius 2 is 1.67 bits per heavy atom. The fourth-order valence-corrected chi connectivity index (χ4v) is 2.30. The highest BCUT2D eigenvalue weighted by Gasteiger charge is 2.19. The summed E-state index contributed by atoms with van der Waals surface area (Å²) >= 11 is 5.89. The second-order valence-electron chi connectivity index (χ2n) is 5.45. The fraction of sp³-hybridized carbons (Fsp3) is 0.278. The third kappa shape index (κ3) is 4.16. The molecule has 3 heteroatoms. The van der Waals surface area contributed by atoms with E-state index in [1.807, 2.05) is 74.3 Å². The van der Waals surface area contributed by atoms with Crippen LogP contribution in [0, 0.1) is 6.92 Å². The number of halogens is 1. The molecule has 0 radical (unpaired) electrons. The maximum Gasteiger partial charge on any atom is 0.179 e. The lowest BCUT2D eigenvalue weighted by Gasteiger charge is -2.23. The van der Waals surface area contributed by atoms with Crippen LogP contribution in [0.4, 0.5) is 0 Å². The Morgan fingerprint density at radius 3 is 2.24 bits per heavy atom. The van der Waals surface area contributed by atoms with Crippen molar-refractivity contribution in [2.45, 2.75) is 26.4 Å². The van der Waals surface area contributed by atoms with Crippen molar-refractivity contribution in [2.75, 3.05) is 7.05 Å². The largest absolute Gasteiger partial charge is 0.292 e. The zero-order chi connectivity index (χ0) is 15.4. The highest BCUT2D eigenvalue weighted by molar-refractivity contribution is 6.30. The smallest absolute Gasteiger partial charge is 0.179 e. The molecule has 2 rings (SSSR count). The molecule has 0 aliphatic heterocycles. The summed E-state index contributed by atoms with van der Waals surface area (Å²) < 4.78 is 0. The molecular formula is C18H20ClNO. The zero-order valence-electron chi connectivity index (χ0n) is 12.6. The van der Waals surface area contributed by atoms with E-state index in [1.165, 1.54) is 0 Å². The lowest BCUT2D eigenvalue weighted by atomic mass is 10.0. The Labute approximate surface area is 131 Å². The van der Waals surface area contributed by atoms with Crippen LogP contribution < -0.4 is 0 Å². The van der Waals surface area contributed by atoms with Crippen molar-refractivity contribution >= 4 is 17.4 Å². The Bertz CT molecular complexity index is 604. The number of benzene rings is 2. The van der Waals surface area contributed by atoms with Crippen LogP contribution in [0.25, 0.3) is 0 Å². The number of carbonyl (C=O) groups excluding carboxylic acids is 1. The minimum absolute atomic E-state index is 0.145. The number of nitrogens with zero attached hydrogens (tertiary/aromatic N) is 1. The Balaban J connectivity index is 2.04. The van der Waals surface area contributed by atoms with Gasteiger partial charge in [-0.05, 0) is 38.6 Å². The number of Topliss-reactive ketones (excluding diaryl/α,β-unsaturated/α-hetero) is 1. The number of hydrogen-bond donors (Lipinski definition) is 0. The van der Waals surface area contributed by atoms with Gasteiger partial charge in [-0.15, -0.1) is 0 Å². The van der Waals surface area contributed by atoms with Crippen LogP contribution in [-0.2, 0) is 6.54 Å². The Hall–Kier alpha value is -1.64. The second-order valence-corrected chi connectivity index (χ2v) is 5.88. The second kappa shape index (κ2) is 6.88. The lowest BCUT2D eigenvalue weighted by Crippen LogP contribution is -2.35. The third-order valence-electron chi connectivity index (χ3n) is 3.72. The average molecular weight is 302 g/mol. The van der Waals surface area contributed by atoms with Crippen molar-refractivity contribution in [1.29, 1.82) is 0 Å². The Morgan fingerprint density at radius 1 is 1.10 bits per heavy atom. The minimum Gasteiger partial charge on any atom is -0.292 e. The van der Waals surface area contributed by atoms with E-state index in [-0.39, 0.29) is 11.8 Å². The van der Waals surface area contributed by atoms with Gasteiger partial charge in [-0.2, -0.15) is 0 Å². The number of rotatable bonds is 5. The molecule has 0 saturated heterocycles. The van der Waals surface area contributed by atoms with Gasteiger partial charge in [0.1, 0.15) is 0 Å². The van der Waals surface area contributed by atoms with E-state index in [0.29, 0.717) is 0 Å². The van der Waals surface area contributed by atoms with Crippen LogP contribution in [0.5, 0.6) is 0 Å². The summed E-state index contributed by atoms with van der Waals surface area (Å²) in [5.41, 5.74) is 3.07. The van der Waals surface area contributed by atoms with Gasteiger partial charge in [-0.3, -0.25) is 9.69 Å². The first-order valence-electron chi connectivity index (χ1n) is 7.03. The number of aryl methyl sites for hydroxylation is 1. The van der Waals surface area contributed by atoms with E-state index in [0.717, 1.165) is 28.3 Å². The van der Waals surface area contributed by atoms with E-state index in [4.69, 9.17) is 11.6 Å². The predicted molar refractivity (Wildman–Crippen MR) is 87.9 cm³/mol. The molecule has 110 valence electrons. The molecule has 2 nitrogen and oxygen atoms in total. The van der Waals surface area contributed by atoms with Crippen LogP contribution >= 0.6 is 11.6 Å². The summed E-state index contributed by atoms with van der Waals surface area (Å²) in [6.07, 6.45) is 0. The van der Waals surface area contributed by atoms with Crippen molar-refractivity contribution in [3.05, 3.63) is 70.2 Å². The first kappa shape index (κ1) is 15.7. The van der Waals surface area contributed by atoms with E-state index < -0.39 is 0 Å². The molecule has 0 amide bonds. The number of carbonyl (C=O) groups is 1. The van der Waals surface area contributed by atoms with Gasteiger partial charge < -0.3 is 0 Å².